The lowest BCUT2D eigenvalue weighted by Gasteiger charge is -2.43. The van der Waals surface area contributed by atoms with Crippen LogP contribution in [0.3, 0.4) is 0 Å². The van der Waals surface area contributed by atoms with Crippen molar-refractivity contribution in [1.82, 2.24) is 0 Å². The number of rotatable bonds is 5. The van der Waals surface area contributed by atoms with E-state index in [1.54, 1.807) is 6.92 Å². The lowest BCUT2D eigenvalue weighted by Crippen LogP contribution is -2.45. The highest BCUT2D eigenvalue weighted by molar-refractivity contribution is 5.76. The van der Waals surface area contributed by atoms with E-state index in [2.05, 4.69) is 38.8 Å². The normalized spacial score (nSPS) is 27.6. The Labute approximate surface area is 122 Å². The number of aliphatic hydroxyl groups excluding tert-OH is 1. The molecule has 0 heterocycles. The van der Waals surface area contributed by atoms with Crippen molar-refractivity contribution in [3.05, 3.63) is 23.8 Å². The number of allylic oxidation sites excluding steroid dienone is 2. The molecule has 0 aliphatic heterocycles. The van der Waals surface area contributed by atoms with E-state index in [0.29, 0.717) is 18.3 Å². The van der Waals surface area contributed by atoms with Crippen LogP contribution in [0.4, 0.5) is 0 Å². The number of nitrogens with two attached hydrogens (primary N) is 2. The molecule has 0 aromatic heterocycles. The topological polar surface area (TPSA) is 84.6 Å². The van der Waals surface area contributed by atoms with E-state index in [0.717, 1.165) is 0 Å². The first-order valence-electron chi connectivity index (χ1n) is 7.37. The van der Waals surface area contributed by atoms with E-state index in [-0.39, 0.29) is 11.9 Å². The molecule has 0 radical (unpaired) electrons. The molecule has 0 bridgehead atoms. The molecular weight excluding hydrogens is 250 g/mol. The predicted molar refractivity (Wildman–Crippen MR) is 85.2 cm³/mol. The second-order valence-corrected chi connectivity index (χ2v) is 6.48. The van der Waals surface area contributed by atoms with Crippen molar-refractivity contribution in [2.45, 2.75) is 52.7 Å². The van der Waals surface area contributed by atoms with Crippen LogP contribution in [0.1, 0.15) is 41.0 Å². The zero-order chi connectivity index (χ0) is 15.5. The Hall–Kier alpha value is -1.29. The summed E-state index contributed by atoms with van der Waals surface area (Å²) in [6.45, 7) is 10.5. The molecule has 0 aromatic carbocycles. The smallest absolute Gasteiger partial charge is 0.186 e. The maximum Gasteiger partial charge on any atom is 0.186 e. The number of hydrogen-bond acceptors (Lipinski definition) is 2. The second-order valence-electron chi connectivity index (χ2n) is 6.48. The van der Waals surface area contributed by atoms with E-state index < -0.39 is 11.6 Å². The van der Waals surface area contributed by atoms with Gasteiger partial charge in [-0.15, -0.1) is 0 Å². The summed E-state index contributed by atoms with van der Waals surface area (Å²) in [4.78, 5) is 4.53. The van der Waals surface area contributed by atoms with Gasteiger partial charge in [0.15, 0.2) is 5.96 Å². The van der Waals surface area contributed by atoms with E-state index in [1.165, 1.54) is 5.57 Å². The second kappa shape index (κ2) is 6.44. The fourth-order valence-corrected chi connectivity index (χ4v) is 3.40. The fraction of sp³-hybridized carbons (Fsp3) is 0.688. The minimum atomic E-state index is -0.546. The van der Waals surface area contributed by atoms with Gasteiger partial charge in [-0.3, -0.25) is 0 Å². The summed E-state index contributed by atoms with van der Waals surface area (Å²) in [6, 6.07) is 0. The zero-order valence-corrected chi connectivity index (χ0v) is 13.3. The number of hydrogen-bond donors (Lipinski definition) is 3. The molecule has 0 amide bonds. The Balaban J connectivity index is 3.37. The van der Waals surface area contributed by atoms with Crippen LogP contribution in [0.15, 0.2) is 28.8 Å². The average Bonchev–Trinajstić information content (AvgIpc) is 2.25. The monoisotopic (exact) mass is 279 g/mol. The first-order chi connectivity index (χ1) is 9.19. The van der Waals surface area contributed by atoms with Crippen LogP contribution in [0.2, 0.25) is 0 Å². The molecular formula is C16H29N3O. The minimum Gasteiger partial charge on any atom is -0.393 e. The molecule has 4 nitrogen and oxygen atoms in total. The van der Waals surface area contributed by atoms with Gasteiger partial charge in [-0.25, -0.2) is 4.99 Å². The maximum absolute atomic E-state index is 9.90. The van der Waals surface area contributed by atoms with Crippen LogP contribution in [-0.4, -0.2) is 22.7 Å². The van der Waals surface area contributed by atoms with Crippen molar-refractivity contribution in [2.24, 2.45) is 34.2 Å². The van der Waals surface area contributed by atoms with E-state index in [1.807, 2.05) is 12.2 Å². The number of nitrogens with zero attached hydrogens (tertiary/aromatic N) is 1. The van der Waals surface area contributed by atoms with Crippen LogP contribution < -0.4 is 11.5 Å². The van der Waals surface area contributed by atoms with Crippen LogP contribution in [-0.2, 0) is 0 Å². The summed E-state index contributed by atoms with van der Waals surface area (Å²) >= 11 is 0. The zero-order valence-electron chi connectivity index (χ0n) is 13.3. The van der Waals surface area contributed by atoms with Gasteiger partial charge in [0.05, 0.1) is 11.6 Å². The molecule has 3 unspecified atom stereocenters. The van der Waals surface area contributed by atoms with Crippen LogP contribution in [0.5, 0.6) is 0 Å². The largest absolute Gasteiger partial charge is 0.393 e. The van der Waals surface area contributed by atoms with Gasteiger partial charge in [-0.05, 0) is 18.8 Å². The highest BCUT2D eigenvalue weighted by atomic mass is 16.3. The summed E-state index contributed by atoms with van der Waals surface area (Å²) in [5, 5.41) is 9.90. The third kappa shape index (κ3) is 3.63. The Kier molecular flexibility index (Phi) is 5.40. The van der Waals surface area contributed by atoms with E-state index >= 15 is 0 Å². The van der Waals surface area contributed by atoms with Crippen molar-refractivity contribution >= 4 is 5.96 Å². The Bertz CT molecular complexity index is 417. The quantitative estimate of drug-likeness (QED) is 0.533. The number of aliphatic hydroxyl groups is 1. The summed E-state index contributed by atoms with van der Waals surface area (Å²) in [5.41, 5.74) is 12.1. The summed E-state index contributed by atoms with van der Waals surface area (Å²) in [7, 11) is 0. The van der Waals surface area contributed by atoms with Crippen LogP contribution >= 0.6 is 0 Å². The third-order valence-electron chi connectivity index (χ3n) is 3.86. The van der Waals surface area contributed by atoms with Gasteiger partial charge in [0.2, 0.25) is 0 Å². The molecule has 0 saturated heterocycles. The van der Waals surface area contributed by atoms with Crippen LogP contribution in [0, 0.1) is 17.8 Å². The van der Waals surface area contributed by atoms with Crippen molar-refractivity contribution in [3.63, 3.8) is 0 Å². The molecule has 114 valence electrons. The fourth-order valence-electron chi connectivity index (χ4n) is 3.40. The van der Waals surface area contributed by atoms with Crippen molar-refractivity contribution < 1.29 is 5.11 Å². The molecule has 5 N–H and O–H groups in total. The van der Waals surface area contributed by atoms with Gasteiger partial charge in [-0.1, -0.05) is 51.5 Å². The van der Waals surface area contributed by atoms with Gasteiger partial charge in [-0.2, -0.15) is 0 Å². The maximum atomic E-state index is 9.90. The number of aliphatic imine (C=N–C) groups is 1. The third-order valence-corrected chi connectivity index (χ3v) is 3.86. The van der Waals surface area contributed by atoms with E-state index in [9.17, 15) is 5.11 Å². The Morgan fingerprint density at radius 3 is 2.30 bits per heavy atom. The molecule has 1 aliphatic rings. The van der Waals surface area contributed by atoms with Crippen molar-refractivity contribution in [2.75, 3.05) is 0 Å². The molecule has 0 fully saturated rings. The molecule has 0 saturated carbocycles. The lowest BCUT2D eigenvalue weighted by atomic mass is 9.65. The van der Waals surface area contributed by atoms with Crippen molar-refractivity contribution in [3.8, 4) is 0 Å². The summed E-state index contributed by atoms with van der Waals surface area (Å²) in [6.07, 6.45) is 6.28. The molecule has 1 aliphatic carbocycles. The van der Waals surface area contributed by atoms with Gasteiger partial charge < -0.3 is 16.6 Å². The van der Waals surface area contributed by atoms with Crippen molar-refractivity contribution in [1.29, 1.82) is 0 Å². The summed E-state index contributed by atoms with van der Waals surface area (Å²) < 4.78 is 0. The summed E-state index contributed by atoms with van der Waals surface area (Å²) in [5.74, 6) is 1.08. The molecule has 4 heteroatoms. The SMILES string of the molecule is CC(O)CC1(N=C(N)N)C=CC=C(C(C)C)C1C(C)C. The highest BCUT2D eigenvalue weighted by Crippen LogP contribution is 2.44. The Morgan fingerprint density at radius 1 is 1.30 bits per heavy atom. The first-order valence-corrected chi connectivity index (χ1v) is 7.37. The first kappa shape index (κ1) is 16.8. The number of guanidine groups is 1. The molecule has 3 atom stereocenters. The van der Waals surface area contributed by atoms with Crippen LogP contribution in [0.25, 0.3) is 0 Å². The molecule has 0 aromatic rings. The average molecular weight is 279 g/mol. The predicted octanol–water partition coefficient (Wildman–Crippen LogP) is 2.19. The van der Waals surface area contributed by atoms with Gasteiger partial charge in [0.25, 0.3) is 0 Å². The van der Waals surface area contributed by atoms with Gasteiger partial charge in [0.1, 0.15) is 0 Å². The Morgan fingerprint density at radius 2 is 1.90 bits per heavy atom. The van der Waals surface area contributed by atoms with E-state index in [4.69, 9.17) is 11.5 Å². The molecule has 1 rings (SSSR count). The minimum absolute atomic E-state index is 0.0750. The van der Waals surface area contributed by atoms with Gasteiger partial charge >= 0.3 is 0 Å². The molecule has 20 heavy (non-hydrogen) atoms. The standard InChI is InChI=1S/C16H29N3O/c1-10(2)13-7-6-8-16(9-12(5)20,19-15(17)18)14(13)11(3)4/h6-8,10-12,14,20H,9H2,1-5H3,(H4,17,18,19). The van der Waals surface area contributed by atoms with Gasteiger partial charge in [0, 0.05) is 12.3 Å². The molecule has 0 spiro atoms. The highest BCUT2D eigenvalue weighted by Gasteiger charge is 2.43. The lowest BCUT2D eigenvalue weighted by molar-refractivity contribution is 0.134.